The molecule has 4 atom stereocenters. The Kier molecular flexibility index (Phi) is 8.54. The fraction of sp³-hybridized carbons (Fsp3) is 0.615. The minimum atomic E-state index is -2.54. The molecule has 0 rings (SSSR count). The molecule has 0 aliphatic heterocycles. The van der Waals surface area contributed by atoms with E-state index in [0.717, 1.165) is 27.9 Å². The Morgan fingerprint density at radius 3 is 1.79 bits per heavy atom. The first-order valence-corrected chi connectivity index (χ1v) is 7.22. The monoisotopic (exact) mass is 412 g/mol. The van der Waals surface area contributed by atoms with Gasteiger partial charge in [-0.1, -0.05) is 0 Å². The Morgan fingerprint density at radius 2 is 1.46 bits per heavy atom. The highest BCUT2D eigenvalue weighted by Crippen LogP contribution is 2.27. The highest BCUT2D eigenvalue weighted by Gasteiger charge is 2.51. The average Bonchev–Trinajstić information content (AvgIpc) is 2.46. The van der Waals surface area contributed by atoms with Crippen LogP contribution in [0.2, 0.25) is 0 Å². The molecule has 0 aromatic rings. The minimum Gasteiger partial charge on any atom is -0.466 e. The van der Waals surface area contributed by atoms with E-state index in [1.807, 2.05) is 0 Å². The van der Waals surface area contributed by atoms with Gasteiger partial charge in [-0.15, -0.1) is 0 Å². The normalized spacial score (nSPS) is 16.6. The molecule has 0 aliphatic carbocycles. The second-order valence-electron chi connectivity index (χ2n) is 4.50. The third-order valence-electron chi connectivity index (χ3n) is 2.48. The van der Waals surface area contributed by atoms with Gasteiger partial charge in [0.15, 0.2) is 18.5 Å². The Hall–Kier alpha value is -2.01. The Bertz CT molecular complexity index is 515. The van der Waals surface area contributed by atoms with E-state index in [2.05, 4.69) is 20.7 Å². The molecule has 0 bridgehead atoms. The van der Waals surface area contributed by atoms with Crippen LogP contribution in [0.5, 0.6) is 0 Å². The molecule has 0 fully saturated rings. The maximum Gasteiger partial charge on any atom is 0.351 e. The molecule has 0 unspecified atom stereocenters. The van der Waals surface area contributed by atoms with Gasteiger partial charge in [0.1, 0.15) is 0 Å². The molecule has 24 heavy (non-hydrogen) atoms. The third kappa shape index (κ3) is 6.62. The van der Waals surface area contributed by atoms with Gasteiger partial charge in [0.05, 0.1) is 7.11 Å². The van der Waals surface area contributed by atoms with Crippen molar-refractivity contribution in [2.75, 3.05) is 7.11 Å². The van der Waals surface area contributed by atoms with Crippen molar-refractivity contribution in [2.24, 2.45) is 0 Å². The standard InChI is InChI=1S/C13H17BrO10/c1-6(16)22-9(10(12(19)21-4)23-7(2)17)11(24-8(3)18)13(14,20)5-15/h5,9-11,20H,1-4H3/t9-,10+,11+,13+/m1/s1. The summed E-state index contributed by atoms with van der Waals surface area (Å²) in [4.78, 5) is 56.7. The highest BCUT2D eigenvalue weighted by molar-refractivity contribution is 9.10. The summed E-state index contributed by atoms with van der Waals surface area (Å²) in [6, 6.07) is 0. The molecular weight excluding hydrogens is 396 g/mol. The number of aldehydes is 1. The smallest absolute Gasteiger partial charge is 0.351 e. The quantitative estimate of drug-likeness (QED) is 0.233. The van der Waals surface area contributed by atoms with Crippen molar-refractivity contribution in [3.05, 3.63) is 0 Å². The molecular formula is C13H17BrO10. The average molecular weight is 413 g/mol. The van der Waals surface area contributed by atoms with E-state index in [4.69, 9.17) is 14.2 Å². The Balaban J connectivity index is 6.06. The van der Waals surface area contributed by atoms with Crippen LogP contribution in [0.3, 0.4) is 0 Å². The number of esters is 4. The topological polar surface area (TPSA) is 143 Å². The molecule has 136 valence electrons. The molecule has 0 amide bonds. The van der Waals surface area contributed by atoms with Crippen molar-refractivity contribution >= 4 is 46.1 Å². The summed E-state index contributed by atoms with van der Waals surface area (Å²) in [5.74, 6) is -4.05. The van der Waals surface area contributed by atoms with Crippen LogP contribution in [-0.4, -0.2) is 65.2 Å². The van der Waals surface area contributed by atoms with Crippen LogP contribution in [-0.2, 0) is 42.9 Å². The van der Waals surface area contributed by atoms with Gasteiger partial charge in [0.25, 0.3) is 0 Å². The number of methoxy groups -OCH3 is 1. The SMILES string of the molecule is COC(=O)[C@@H](OC(C)=O)[C@@H](OC(C)=O)[C@H](OC(C)=O)[C@](O)(Br)C=O. The molecule has 0 radical (unpaired) electrons. The number of halogens is 1. The number of carbonyl (C=O) groups excluding carboxylic acids is 5. The molecule has 0 aromatic carbocycles. The van der Waals surface area contributed by atoms with Gasteiger partial charge in [-0.3, -0.25) is 19.2 Å². The van der Waals surface area contributed by atoms with E-state index >= 15 is 0 Å². The van der Waals surface area contributed by atoms with Crippen molar-refractivity contribution in [1.29, 1.82) is 0 Å². The van der Waals surface area contributed by atoms with Crippen LogP contribution in [0.1, 0.15) is 20.8 Å². The molecule has 0 saturated carbocycles. The zero-order valence-corrected chi connectivity index (χ0v) is 14.9. The van der Waals surface area contributed by atoms with E-state index in [-0.39, 0.29) is 6.29 Å². The summed E-state index contributed by atoms with van der Waals surface area (Å²) in [6.07, 6.45) is -5.74. The Labute approximate surface area is 145 Å². The molecule has 11 heteroatoms. The van der Waals surface area contributed by atoms with E-state index in [0.29, 0.717) is 0 Å². The van der Waals surface area contributed by atoms with Crippen molar-refractivity contribution in [1.82, 2.24) is 0 Å². The van der Waals surface area contributed by atoms with Crippen molar-refractivity contribution in [2.45, 2.75) is 43.6 Å². The molecule has 0 spiro atoms. The predicted molar refractivity (Wildman–Crippen MR) is 78.6 cm³/mol. The summed E-state index contributed by atoms with van der Waals surface area (Å²) >= 11 is 2.60. The third-order valence-corrected chi connectivity index (χ3v) is 3.12. The lowest BCUT2D eigenvalue weighted by molar-refractivity contribution is -0.201. The lowest BCUT2D eigenvalue weighted by Crippen LogP contribution is -2.57. The zero-order chi connectivity index (χ0) is 19.1. The summed E-state index contributed by atoms with van der Waals surface area (Å²) in [6.45, 7) is 2.86. The number of ether oxygens (including phenoxy) is 4. The molecule has 0 aliphatic rings. The van der Waals surface area contributed by atoms with E-state index in [1.54, 1.807) is 0 Å². The fourth-order valence-corrected chi connectivity index (χ4v) is 2.00. The summed E-state index contributed by atoms with van der Waals surface area (Å²) < 4.78 is 16.3. The number of carbonyl (C=O) groups is 5. The molecule has 0 heterocycles. The maximum atomic E-state index is 11.9. The second-order valence-corrected chi connectivity index (χ2v) is 5.77. The van der Waals surface area contributed by atoms with Gasteiger partial charge in [-0.05, 0) is 15.9 Å². The van der Waals surface area contributed by atoms with Crippen LogP contribution < -0.4 is 0 Å². The van der Waals surface area contributed by atoms with Gasteiger partial charge < -0.3 is 24.1 Å². The van der Waals surface area contributed by atoms with Crippen LogP contribution >= 0.6 is 15.9 Å². The van der Waals surface area contributed by atoms with Gasteiger partial charge in [-0.25, -0.2) is 4.79 Å². The van der Waals surface area contributed by atoms with E-state index in [9.17, 15) is 29.1 Å². The summed E-state index contributed by atoms with van der Waals surface area (Å²) in [7, 11) is 0.963. The van der Waals surface area contributed by atoms with Crippen molar-refractivity contribution in [3.63, 3.8) is 0 Å². The molecule has 0 aromatic heterocycles. The summed E-state index contributed by atoms with van der Waals surface area (Å²) in [5.41, 5.74) is 0. The van der Waals surface area contributed by atoms with Gasteiger partial charge in [0.2, 0.25) is 10.6 Å². The van der Waals surface area contributed by atoms with Crippen LogP contribution in [0, 0.1) is 0 Å². The largest absolute Gasteiger partial charge is 0.466 e. The zero-order valence-electron chi connectivity index (χ0n) is 13.3. The van der Waals surface area contributed by atoms with Gasteiger partial charge in [-0.2, -0.15) is 0 Å². The lowest BCUT2D eigenvalue weighted by atomic mass is 10.0. The number of hydrogen-bond donors (Lipinski definition) is 1. The Morgan fingerprint density at radius 1 is 1.00 bits per heavy atom. The van der Waals surface area contributed by atoms with E-state index in [1.165, 1.54) is 0 Å². The fourth-order valence-electron chi connectivity index (χ4n) is 1.64. The highest BCUT2D eigenvalue weighted by atomic mass is 79.9. The lowest BCUT2D eigenvalue weighted by Gasteiger charge is -2.34. The van der Waals surface area contributed by atoms with Crippen LogP contribution in [0.4, 0.5) is 0 Å². The summed E-state index contributed by atoms with van der Waals surface area (Å²) in [5, 5.41) is 10.0. The molecule has 1 N–H and O–H groups in total. The molecule has 10 nitrogen and oxygen atoms in total. The van der Waals surface area contributed by atoms with Crippen molar-refractivity contribution in [3.8, 4) is 0 Å². The van der Waals surface area contributed by atoms with Crippen LogP contribution in [0.15, 0.2) is 0 Å². The second kappa shape index (κ2) is 9.33. The first-order chi connectivity index (χ1) is 11.0. The number of hydrogen-bond acceptors (Lipinski definition) is 10. The first-order valence-electron chi connectivity index (χ1n) is 6.43. The van der Waals surface area contributed by atoms with Gasteiger partial charge >= 0.3 is 23.9 Å². The maximum absolute atomic E-state index is 11.9. The van der Waals surface area contributed by atoms with Crippen LogP contribution in [0.25, 0.3) is 0 Å². The predicted octanol–water partition coefficient (Wildman–Crippen LogP) is -0.763. The molecule has 0 saturated heterocycles. The van der Waals surface area contributed by atoms with Gasteiger partial charge in [0, 0.05) is 20.8 Å². The first kappa shape index (κ1) is 22.0. The number of rotatable bonds is 8. The minimum absolute atomic E-state index is 0.0563. The van der Waals surface area contributed by atoms with Crippen molar-refractivity contribution < 1.29 is 48.0 Å². The number of aliphatic hydroxyl groups is 1. The number of alkyl halides is 1. The van der Waals surface area contributed by atoms with E-state index < -0.39 is 46.7 Å².